The summed E-state index contributed by atoms with van der Waals surface area (Å²) in [5.74, 6) is 0. The Balaban J connectivity index is 2.21. The summed E-state index contributed by atoms with van der Waals surface area (Å²) in [5, 5.41) is 11.2. The standard InChI is InChI=1S/C14H20N2O3S2/c1-11(7-13-5-4-6-20-13)16(3)21(18,19)14-8-12(10-17)15(2)9-14/h4-6,8-9,11,17H,7,10H2,1-3H3. The Hall–Kier alpha value is -1.15. The Morgan fingerprint density at radius 3 is 2.71 bits per heavy atom. The van der Waals surface area contributed by atoms with Crippen molar-refractivity contribution in [3.05, 3.63) is 40.3 Å². The van der Waals surface area contributed by atoms with Crippen LogP contribution < -0.4 is 0 Å². The first kappa shape index (κ1) is 16.2. The zero-order valence-corrected chi connectivity index (χ0v) is 14.0. The van der Waals surface area contributed by atoms with Crippen LogP contribution in [0.1, 0.15) is 17.5 Å². The van der Waals surface area contributed by atoms with E-state index in [1.807, 2.05) is 24.4 Å². The average molecular weight is 328 g/mol. The maximum absolute atomic E-state index is 12.6. The highest BCUT2D eigenvalue weighted by Gasteiger charge is 2.27. The van der Waals surface area contributed by atoms with Crippen LogP contribution in [0.5, 0.6) is 0 Å². The van der Waals surface area contributed by atoms with Crippen molar-refractivity contribution >= 4 is 21.4 Å². The predicted octanol–water partition coefficient (Wildman–Crippen LogP) is 1.83. The zero-order chi connectivity index (χ0) is 15.6. The highest BCUT2D eigenvalue weighted by atomic mass is 32.2. The van der Waals surface area contributed by atoms with Gasteiger partial charge < -0.3 is 9.67 Å². The third-order valence-corrected chi connectivity index (χ3v) is 6.46. The molecule has 21 heavy (non-hydrogen) atoms. The Bertz CT molecular complexity index is 690. The van der Waals surface area contributed by atoms with E-state index in [-0.39, 0.29) is 17.5 Å². The molecule has 0 amide bonds. The largest absolute Gasteiger partial charge is 0.390 e. The van der Waals surface area contributed by atoms with E-state index in [9.17, 15) is 13.5 Å². The lowest BCUT2D eigenvalue weighted by molar-refractivity contribution is 0.272. The van der Waals surface area contributed by atoms with Gasteiger partial charge in [0, 0.05) is 36.9 Å². The monoisotopic (exact) mass is 328 g/mol. The molecule has 2 aromatic heterocycles. The van der Waals surface area contributed by atoms with Crippen molar-refractivity contribution < 1.29 is 13.5 Å². The summed E-state index contributed by atoms with van der Waals surface area (Å²) in [7, 11) is -0.229. The molecule has 1 N–H and O–H groups in total. The van der Waals surface area contributed by atoms with Crippen LogP contribution in [0.25, 0.3) is 0 Å². The fourth-order valence-corrected chi connectivity index (χ4v) is 4.41. The molecular weight excluding hydrogens is 308 g/mol. The molecule has 0 saturated carbocycles. The van der Waals surface area contributed by atoms with E-state index < -0.39 is 10.0 Å². The number of hydrogen-bond donors (Lipinski definition) is 1. The summed E-state index contributed by atoms with van der Waals surface area (Å²) in [4.78, 5) is 1.38. The van der Waals surface area contributed by atoms with Crippen LogP contribution >= 0.6 is 11.3 Å². The fourth-order valence-electron chi connectivity index (χ4n) is 2.13. The SMILES string of the molecule is CC(Cc1cccs1)N(C)S(=O)(=O)c1cc(CO)n(C)c1. The quantitative estimate of drug-likeness (QED) is 0.880. The molecule has 7 heteroatoms. The van der Waals surface area contributed by atoms with E-state index in [0.717, 1.165) is 4.88 Å². The molecule has 0 aromatic carbocycles. The molecule has 2 rings (SSSR count). The lowest BCUT2D eigenvalue weighted by Crippen LogP contribution is -2.36. The van der Waals surface area contributed by atoms with Gasteiger partial charge in [-0.15, -0.1) is 11.3 Å². The first-order valence-electron chi connectivity index (χ1n) is 6.62. The Morgan fingerprint density at radius 1 is 1.48 bits per heavy atom. The van der Waals surface area contributed by atoms with E-state index >= 15 is 0 Å². The molecule has 0 aliphatic rings. The number of hydrogen-bond acceptors (Lipinski definition) is 4. The molecule has 116 valence electrons. The number of thiophene rings is 1. The van der Waals surface area contributed by atoms with E-state index in [2.05, 4.69) is 0 Å². The van der Waals surface area contributed by atoms with Gasteiger partial charge in [-0.05, 0) is 30.9 Å². The number of aryl methyl sites for hydroxylation is 1. The third kappa shape index (κ3) is 3.37. The predicted molar refractivity (Wildman–Crippen MR) is 83.8 cm³/mol. The fraction of sp³-hybridized carbons (Fsp3) is 0.429. The van der Waals surface area contributed by atoms with Crippen LogP contribution in [0.2, 0.25) is 0 Å². The second-order valence-electron chi connectivity index (χ2n) is 5.09. The van der Waals surface area contributed by atoms with E-state index in [4.69, 9.17) is 0 Å². The smallest absolute Gasteiger partial charge is 0.244 e. The van der Waals surface area contributed by atoms with Crippen molar-refractivity contribution in [2.75, 3.05) is 7.05 Å². The highest BCUT2D eigenvalue weighted by molar-refractivity contribution is 7.89. The lowest BCUT2D eigenvalue weighted by atomic mass is 10.2. The number of nitrogens with zero attached hydrogens (tertiary/aromatic N) is 2. The Morgan fingerprint density at radius 2 is 2.19 bits per heavy atom. The van der Waals surface area contributed by atoms with Crippen molar-refractivity contribution in [3.8, 4) is 0 Å². The molecule has 2 heterocycles. The van der Waals surface area contributed by atoms with Crippen LogP contribution in [0.4, 0.5) is 0 Å². The molecule has 5 nitrogen and oxygen atoms in total. The number of aliphatic hydroxyl groups excluding tert-OH is 1. The van der Waals surface area contributed by atoms with Crippen LogP contribution in [0, 0.1) is 0 Å². The minimum Gasteiger partial charge on any atom is -0.390 e. The summed E-state index contributed by atoms with van der Waals surface area (Å²) < 4.78 is 28.3. The van der Waals surface area contributed by atoms with E-state index in [1.165, 1.54) is 16.6 Å². The molecule has 0 spiro atoms. The molecule has 0 aliphatic heterocycles. The van der Waals surface area contributed by atoms with Gasteiger partial charge in [-0.25, -0.2) is 8.42 Å². The normalized spacial score (nSPS) is 13.8. The number of likely N-dealkylation sites (N-methyl/N-ethyl adjacent to an activating group) is 1. The summed E-state index contributed by atoms with van der Waals surface area (Å²) in [6, 6.07) is 5.36. The first-order chi connectivity index (χ1) is 9.86. The Labute approximate surface area is 129 Å². The van der Waals surface area contributed by atoms with Crippen LogP contribution in [0.15, 0.2) is 34.7 Å². The number of sulfonamides is 1. The zero-order valence-electron chi connectivity index (χ0n) is 12.4. The van der Waals surface area contributed by atoms with Gasteiger partial charge in [0.2, 0.25) is 10.0 Å². The van der Waals surface area contributed by atoms with Gasteiger partial charge in [0.1, 0.15) is 4.90 Å². The topological polar surface area (TPSA) is 62.5 Å². The van der Waals surface area contributed by atoms with Gasteiger partial charge in [-0.1, -0.05) is 6.07 Å². The minimum atomic E-state index is -3.55. The van der Waals surface area contributed by atoms with Crippen LogP contribution in [-0.4, -0.2) is 35.5 Å². The molecular formula is C14H20N2O3S2. The summed E-state index contributed by atoms with van der Waals surface area (Å²) in [6.45, 7) is 1.72. The summed E-state index contributed by atoms with van der Waals surface area (Å²) >= 11 is 1.63. The second kappa shape index (κ2) is 6.31. The summed E-state index contributed by atoms with van der Waals surface area (Å²) in [5.41, 5.74) is 0.577. The third-order valence-electron chi connectivity index (χ3n) is 3.62. The number of rotatable bonds is 6. The second-order valence-corrected chi connectivity index (χ2v) is 8.12. The maximum atomic E-state index is 12.6. The van der Waals surface area contributed by atoms with Gasteiger partial charge in [-0.2, -0.15) is 4.31 Å². The van der Waals surface area contributed by atoms with Gasteiger partial charge in [0.15, 0.2) is 0 Å². The molecule has 1 atom stereocenters. The molecule has 2 aromatic rings. The molecule has 0 fully saturated rings. The average Bonchev–Trinajstić information content (AvgIpc) is 3.07. The van der Waals surface area contributed by atoms with Crippen molar-refractivity contribution in [1.82, 2.24) is 8.87 Å². The van der Waals surface area contributed by atoms with E-state index in [1.54, 1.807) is 30.0 Å². The molecule has 0 aliphatic carbocycles. The molecule has 0 bridgehead atoms. The first-order valence-corrected chi connectivity index (χ1v) is 8.94. The molecule has 0 radical (unpaired) electrons. The molecule has 1 unspecified atom stereocenters. The lowest BCUT2D eigenvalue weighted by Gasteiger charge is -2.23. The van der Waals surface area contributed by atoms with Gasteiger partial charge in [0.05, 0.1) is 6.61 Å². The van der Waals surface area contributed by atoms with E-state index in [0.29, 0.717) is 12.1 Å². The van der Waals surface area contributed by atoms with Crippen LogP contribution in [0.3, 0.4) is 0 Å². The van der Waals surface area contributed by atoms with Crippen molar-refractivity contribution in [1.29, 1.82) is 0 Å². The number of aliphatic hydroxyl groups is 1. The van der Waals surface area contributed by atoms with Crippen molar-refractivity contribution in [2.45, 2.75) is 30.9 Å². The maximum Gasteiger partial charge on any atom is 0.244 e. The van der Waals surface area contributed by atoms with Gasteiger partial charge >= 0.3 is 0 Å². The number of aromatic nitrogens is 1. The van der Waals surface area contributed by atoms with Gasteiger partial charge in [-0.3, -0.25) is 0 Å². The van der Waals surface area contributed by atoms with Crippen molar-refractivity contribution in [3.63, 3.8) is 0 Å². The Kier molecular flexibility index (Phi) is 4.88. The highest BCUT2D eigenvalue weighted by Crippen LogP contribution is 2.21. The summed E-state index contributed by atoms with van der Waals surface area (Å²) in [6.07, 6.45) is 2.22. The van der Waals surface area contributed by atoms with Crippen LogP contribution in [-0.2, 0) is 30.1 Å². The molecule has 0 saturated heterocycles. The van der Waals surface area contributed by atoms with Crippen molar-refractivity contribution in [2.24, 2.45) is 7.05 Å². The van der Waals surface area contributed by atoms with Gasteiger partial charge in [0.25, 0.3) is 0 Å². The minimum absolute atomic E-state index is 0.133.